The van der Waals surface area contributed by atoms with E-state index >= 15 is 0 Å². The summed E-state index contributed by atoms with van der Waals surface area (Å²) >= 11 is 0. The van der Waals surface area contributed by atoms with Gasteiger partial charge in [-0.3, -0.25) is 9.69 Å². The van der Waals surface area contributed by atoms with Crippen LogP contribution in [0.3, 0.4) is 0 Å². The van der Waals surface area contributed by atoms with Gasteiger partial charge in [-0.25, -0.2) is 0 Å². The second-order valence-corrected chi connectivity index (χ2v) is 6.71. The average Bonchev–Trinajstić information content (AvgIpc) is 2.38. The molecule has 0 unspecified atom stereocenters. The number of likely N-dealkylation sites (tertiary alicyclic amines) is 1. The molecule has 0 N–H and O–H groups in total. The summed E-state index contributed by atoms with van der Waals surface area (Å²) in [6.45, 7) is 12.5. The number of carbonyl (C=O) groups is 1. The van der Waals surface area contributed by atoms with Gasteiger partial charge in [0.2, 0.25) is 0 Å². The van der Waals surface area contributed by atoms with Crippen molar-refractivity contribution in [2.75, 3.05) is 13.1 Å². The lowest BCUT2D eigenvalue weighted by Crippen LogP contribution is -2.52. The second kappa shape index (κ2) is 5.69. The molecule has 0 aromatic heterocycles. The molecule has 2 rings (SSSR count). The summed E-state index contributed by atoms with van der Waals surface area (Å²) in [5, 5.41) is 0. The maximum atomic E-state index is 13.1. The highest BCUT2D eigenvalue weighted by molar-refractivity contribution is 6.05. The Hall–Kier alpha value is -1.15. The third-order valence-electron chi connectivity index (χ3n) is 4.61. The summed E-state index contributed by atoms with van der Waals surface area (Å²) in [5.74, 6) is 0.273. The van der Waals surface area contributed by atoms with Crippen LogP contribution < -0.4 is 0 Å². The predicted molar refractivity (Wildman–Crippen MR) is 84.5 cm³/mol. The van der Waals surface area contributed by atoms with Crippen LogP contribution >= 0.6 is 0 Å². The van der Waals surface area contributed by atoms with Crippen molar-refractivity contribution in [1.29, 1.82) is 0 Å². The molecule has 110 valence electrons. The molecular formula is C18H27NO. The number of ketones is 1. The first-order chi connectivity index (χ1) is 9.34. The van der Waals surface area contributed by atoms with Crippen molar-refractivity contribution in [2.45, 2.75) is 59.4 Å². The molecule has 1 aromatic carbocycles. The molecular weight excluding hydrogens is 246 g/mol. The number of carbonyl (C=O) groups excluding carboxylic acids is 1. The van der Waals surface area contributed by atoms with Crippen LogP contribution in [0.5, 0.6) is 0 Å². The number of hydrogen-bond acceptors (Lipinski definition) is 2. The van der Waals surface area contributed by atoms with Gasteiger partial charge in [-0.15, -0.1) is 0 Å². The van der Waals surface area contributed by atoms with Crippen molar-refractivity contribution in [3.05, 3.63) is 34.4 Å². The Morgan fingerprint density at radius 3 is 2.00 bits per heavy atom. The highest BCUT2D eigenvalue weighted by Gasteiger charge is 2.36. The van der Waals surface area contributed by atoms with Crippen LogP contribution in [0.25, 0.3) is 0 Å². The average molecular weight is 273 g/mol. The zero-order valence-electron chi connectivity index (χ0n) is 13.5. The fraction of sp³-hybridized carbons (Fsp3) is 0.611. The van der Waals surface area contributed by atoms with Crippen LogP contribution in [0.1, 0.15) is 60.2 Å². The van der Waals surface area contributed by atoms with Gasteiger partial charge in [-0.2, -0.15) is 0 Å². The van der Waals surface area contributed by atoms with Crippen LogP contribution in [0.15, 0.2) is 12.1 Å². The van der Waals surface area contributed by atoms with E-state index in [4.69, 9.17) is 0 Å². The van der Waals surface area contributed by atoms with Crippen molar-refractivity contribution in [3.63, 3.8) is 0 Å². The monoisotopic (exact) mass is 273 g/mol. The first-order valence-corrected chi connectivity index (χ1v) is 7.71. The quantitative estimate of drug-likeness (QED) is 0.774. The van der Waals surface area contributed by atoms with E-state index < -0.39 is 5.54 Å². The van der Waals surface area contributed by atoms with Gasteiger partial charge in [-0.1, -0.05) is 24.1 Å². The van der Waals surface area contributed by atoms with Gasteiger partial charge in [0.15, 0.2) is 5.78 Å². The Labute approximate surface area is 123 Å². The normalized spacial score (nSPS) is 17.2. The Bertz CT molecular complexity index is 487. The maximum Gasteiger partial charge on any atom is 0.183 e. The van der Waals surface area contributed by atoms with Gasteiger partial charge in [0.1, 0.15) is 0 Å². The summed E-state index contributed by atoms with van der Waals surface area (Å²) in [6, 6.07) is 4.24. The van der Waals surface area contributed by atoms with E-state index in [1.165, 1.54) is 24.8 Å². The van der Waals surface area contributed by atoms with Crippen molar-refractivity contribution in [1.82, 2.24) is 4.90 Å². The minimum atomic E-state index is -0.398. The molecule has 0 bridgehead atoms. The molecule has 1 fully saturated rings. The molecule has 20 heavy (non-hydrogen) atoms. The van der Waals surface area contributed by atoms with Crippen molar-refractivity contribution in [3.8, 4) is 0 Å². The molecule has 1 heterocycles. The topological polar surface area (TPSA) is 20.3 Å². The van der Waals surface area contributed by atoms with Crippen LogP contribution in [0.2, 0.25) is 0 Å². The number of piperidine rings is 1. The van der Waals surface area contributed by atoms with Crippen molar-refractivity contribution < 1.29 is 4.79 Å². The van der Waals surface area contributed by atoms with Gasteiger partial charge in [0.05, 0.1) is 5.54 Å². The van der Waals surface area contributed by atoms with Gasteiger partial charge in [0.25, 0.3) is 0 Å². The molecule has 0 spiro atoms. The smallest absolute Gasteiger partial charge is 0.183 e. The zero-order valence-corrected chi connectivity index (χ0v) is 13.5. The molecule has 1 aromatic rings. The highest BCUT2D eigenvalue weighted by Crippen LogP contribution is 2.28. The number of nitrogens with zero attached hydrogens (tertiary/aromatic N) is 1. The highest BCUT2D eigenvalue weighted by atomic mass is 16.1. The minimum Gasteiger partial charge on any atom is -0.292 e. The van der Waals surface area contributed by atoms with E-state index in [-0.39, 0.29) is 5.78 Å². The molecule has 2 heteroatoms. The van der Waals surface area contributed by atoms with Crippen LogP contribution in [0.4, 0.5) is 0 Å². The lowest BCUT2D eigenvalue weighted by atomic mass is 9.85. The summed E-state index contributed by atoms with van der Waals surface area (Å²) in [4.78, 5) is 15.4. The molecule has 0 radical (unpaired) electrons. The Morgan fingerprint density at radius 1 is 1.00 bits per heavy atom. The van der Waals surface area contributed by atoms with Gasteiger partial charge in [0, 0.05) is 5.56 Å². The lowest BCUT2D eigenvalue weighted by molar-refractivity contribution is 0.0578. The summed E-state index contributed by atoms with van der Waals surface area (Å²) < 4.78 is 0. The number of benzene rings is 1. The van der Waals surface area contributed by atoms with E-state index in [0.717, 1.165) is 29.8 Å². The van der Waals surface area contributed by atoms with Gasteiger partial charge >= 0.3 is 0 Å². The predicted octanol–water partition coefficient (Wildman–Crippen LogP) is 4.06. The van der Waals surface area contributed by atoms with E-state index in [9.17, 15) is 4.79 Å². The lowest BCUT2D eigenvalue weighted by Gasteiger charge is -2.40. The van der Waals surface area contributed by atoms with E-state index in [2.05, 4.69) is 51.7 Å². The third kappa shape index (κ3) is 2.80. The summed E-state index contributed by atoms with van der Waals surface area (Å²) in [5.41, 5.74) is 3.97. The fourth-order valence-electron chi connectivity index (χ4n) is 3.44. The molecule has 2 nitrogen and oxygen atoms in total. The van der Waals surface area contributed by atoms with Gasteiger partial charge in [-0.05, 0) is 71.7 Å². The molecule has 0 amide bonds. The number of rotatable bonds is 3. The molecule has 0 aliphatic carbocycles. The molecule has 0 saturated carbocycles. The summed E-state index contributed by atoms with van der Waals surface area (Å²) in [7, 11) is 0. The standard InChI is InChI=1S/C18H27NO/c1-13-11-14(2)16(15(3)12-13)17(20)18(4,5)19-9-7-6-8-10-19/h11-12H,6-10H2,1-5H3. The Morgan fingerprint density at radius 2 is 1.50 bits per heavy atom. The van der Waals surface area contributed by atoms with E-state index in [1.807, 2.05) is 0 Å². The number of Topliss-reactive ketones (excluding diaryl/α,β-unsaturated/α-hetero) is 1. The third-order valence-corrected chi connectivity index (χ3v) is 4.61. The molecule has 0 atom stereocenters. The Kier molecular flexibility index (Phi) is 4.33. The summed E-state index contributed by atoms with van der Waals surface area (Å²) in [6.07, 6.45) is 3.72. The van der Waals surface area contributed by atoms with E-state index in [0.29, 0.717) is 0 Å². The SMILES string of the molecule is Cc1cc(C)c(C(=O)C(C)(C)N2CCCCC2)c(C)c1. The van der Waals surface area contributed by atoms with Gasteiger partial charge < -0.3 is 0 Å². The first kappa shape index (κ1) is 15.2. The minimum absolute atomic E-state index is 0.273. The van der Waals surface area contributed by atoms with Crippen molar-refractivity contribution in [2.24, 2.45) is 0 Å². The number of aryl methyl sites for hydroxylation is 3. The van der Waals surface area contributed by atoms with E-state index in [1.54, 1.807) is 0 Å². The van der Waals surface area contributed by atoms with Crippen LogP contribution in [0, 0.1) is 20.8 Å². The molecule has 1 saturated heterocycles. The van der Waals surface area contributed by atoms with Crippen LogP contribution in [-0.4, -0.2) is 29.3 Å². The Balaban J connectivity index is 2.34. The number of hydrogen-bond donors (Lipinski definition) is 0. The maximum absolute atomic E-state index is 13.1. The molecule has 1 aliphatic rings. The second-order valence-electron chi connectivity index (χ2n) is 6.71. The first-order valence-electron chi connectivity index (χ1n) is 7.71. The van der Waals surface area contributed by atoms with Crippen molar-refractivity contribution >= 4 is 5.78 Å². The zero-order chi connectivity index (χ0) is 14.9. The van der Waals surface area contributed by atoms with Crippen LogP contribution in [-0.2, 0) is 0 Å². The molecule has 1 aliphatic heterocycles. The fourth-order valence-corrected chi connectivity index (χ4v) is 3.44. The largest absolute Gasteiger partial charge is 0.292 e.